The Hall–Kier alpha value is -3.91. The van der Waals surface area contributed by atoms with Crippen molar-refractivity contribution in [1.29, 1.82) is 0 Å². The minimum absolute atomic E-state index is 0.0786. The molecule has 2 atom stereocenters. The number of hydrogen-bond donors (Lipinski definition) is 2. The van der Waals surface area contributed by atoms with Crippen molar-refractivity contribution in [2.45, 2.75) is 25.4 Å². The molecule has 4 rings (SSSR count). The number of imide groups is 1. The third kappa shape index (κ3) is 5.12. The van der Waals surface area contributed by atoms with E-state index in [1.807, 2.05) is 0 Å². The highest BCUT2D eigenvalue weighted by Crippen LogP contribution is 2.26. The Labute approximate surface area is 200 Å². The van der Waals surface area contributed by atoms with E-state index in [0.717, 1.165) is 16.5 Å². The van der Waals surface area contributed by atoms with Crippen LogP contribution in [0.2, 0.25) is 0 Å². The van der Waals surface area contributed by atoms with Crippen molar-refractivity contribution >= 4 is 17.8 Å². The average molecular weight is 479 g/mol. The van der Waals surface area contributed by atoms with Crippen LogP contribution < -0.4 is 0 Å². The van der Waals surface area contributed by atoms with E-state index in [2.05, 4.69) is 0 Å². The van der Waals surface area contributed by atoms with Gasteiger partial charge < -0.3 is 10.2 Å². The first-order valence-electron chi connectivity index (χ1n) is 11.2. The molecule has 1 aliphatic heterocycles. The molecule has 0 radical (unpaired) electrons. The minimum Gasteiger partial charge on any atom is -0.481 e. The maximum Gasteiger partial charge on any atom is 0.309 e. The van der Waals surface area contributed by atoms with Gasteiger partial charge in [-0.25, -0.2) is 8.78 Å². The van der Waals surface area contributed by atoms with E-state index in [1.54, 1.807) is 48.5 Å². The van der Waals surface area contributed by atoms with Crippen LogP contribution in [-0.2, 0) is 11.2 Å². The molecular formula is C27H23F2NO5. The number of rotatable bonds is 9. The number of hydrogen-bond acceptors (Lipinski definition) is 4. The Bertz CT molecular complexity index is 1240. The fourth-order valence-electron chi connectivity index (χ4n) is 4.28. The number of aryl methyl sites for hydroxylation is 1. The van der Waals surface area contributed by atoms with E-state index in [9.17, 15) is 33.4 Å². The highest BCUT2D eigenvalue weighted by atomic mass is 19.1. The van der Waals surface area contributed by atoms with Crippen molar-refractivity contribution in [3.8, 4) is 11.1 Å². The van der Waals surface area contributed by atoms with E-state index < -0.39 is 41.4 Å². The fourth-order valence-corrected chi connectivity index (χ4v) is 4.28. The monoisotopic (exact) mass is 479 g/mol. The van der Waals surface area contributed by atoms with Gasteiger partial charge in [0.25, 0.3) is 11.8 Å². The molecule has 0 bridgehead atoms. The SMILES string of the molecule is O=C(O)[C@@H](CCN1C(=O)c2ccccc2C1=O)[C@H](O)CCc1ccc(-c2ccc(F)cc2F)cc1. The van der Waals surface area contributed by atoms with Gasteiger partial charge in [0.05, 0.1) is 23.1 Å². The normalized spacial score (nSPS) is 14.7. The summed E-state index contributed by atoms with van der Waals surface area (Å²) in [5.41, 5.74) is 2.20. The van der Waals surface area contributed by atoms with Gasteiger partial charge in [-0.2, -0.15) is 0 Å². The van der Waals surface area contributed by atoms with Gasteiger partial charge in [-0.1, -0.05) is 36.4 Å². The fraction of sp³-hybridized carbons (Fsp3) is 0.222. The second kappa shape index (κ2) is 10.1. The Morgan fingerprint density at radius 1 is 0.857 bits per heavy atom. The number of carboxylic acids is 1. The van der Waals surface area contributed by atoms with Gasteiger partial charge >= 0.3 is 5.97 Å². The number of aliphatic carboxylic acids is 1. The molecule has 2 amide bonds. The van der Waals surface area contributed by atoms with E-state index in [-0.39, 0.29) is 36.1 Å². The Morgan fingerprint density at radius 3 is 2.06 bits per heavy atom. The summed E-state index contributed by atoms with van der Waals surface area (Å²) in [4.78, 5) is 37.8. The smallest absolute Gasteiger partial charge is 0.309 e. The summed E-state index contributed by atoms with van der Waals surface area (Å²) < 4.78 is 27.1. The molecule has 0 fully saturated rings. The first kappa shape index (κ1) is 24.2. The summed E-state index contributed by atoms with van der Waals surface area (Å²) >= 11 is 0. The van der Waals surface area contributed by atoms with E-state index >= 15 is 0 Å². The first-order valence-corrected chi connectivity index (χ1v) is 11.2. The Balaban J connectivity index is 1.35. The predicted molar refractivity (Wildman–Crippen MR) is 124 cm³/mol. The number of halogens is 2. The predicted octanol–water partition coefficient (Wildman–Crippen LogP) is 4.31. The van der Waals surface area contributed by atoms with Crippen LogP contribution in [0.25, 0.3) is 11.1 Å². The maximum absolute atomic E-state index is 14.0. The average Bonchev–Trinajstić information content (AvgIpc) is 3.08. The number of carboxylic acid groups (broad SMARTS) is 1. The van der Waals surface area contributed by atoms with Gasteiger partial charge in [0.15, 0.2) is 0 Å². The molecule has 1 aliphatic rings. The molecule has 0 aromatic heterocycles. The summed E-state index contributed by atoms with van der Waals surface area (Å²) in [5.74, 6) is -4.64. The zero-order valence-corrected chi connectivity index (χ0v) is 18.7. The largest absolute Gasteiger partial charge is 0.481 e. The van der Waals surface area contributed by atoms with Crippen LogP contribution >= 0.6 is 0 Å². The molecule has 3 aromatic carbocycles. The number of benzene rings is 3. The zero-order valence-electron chi connectivity index (χ0n) is 18.7. The van der Waals surface area contributed by atoms with Gasteiger partial charge in [0.2, 0.25) is 0 Å². The number of amides is 2. The van der Waals surface area contributed by atoms with Gasteiger partial charge in [0, 0.05) is 18.2 Å². The second-order valence-corrected chi connectivity index (χ2v) is 8.47. The number of carbonyl (C=O) groups excluding carboxylic acids is 2. The van der Waals surface area contributed by atoms with Crippen molar-refractivity contribution in [3.05, 3.63) is 95.1 Å². The topological polar surface area (TPSA) is 94.9 Å². The number of aliphatic hydroxyl groups is 1. The van der Waals surface area contributed by atoms with Crippen LogP contribution in [0.4, 0.5) is 8.78 Å². The van der Waals surface area contributed by atoms with Gasteiger partial charge in [0.1, 0.15) is 11.6 Å². The standard InChI is InChI=1S/C27H23F2NO5/c28-18-10-11-19(23(29)15-18)17-8-5-16(6-9-17)7-12-24(31)22(27(34)35)13-14-30-25(32)20-3-1-2-4-21(20)26(30)33/h1-6,8-11,15,22,24,31H,7,12-14H2,(H,34,35)/t22-,24+/m0/s1. The number of carbonyl (C=O) groups is 3. The lowest BCUT2D eigenvalue weighted by Gasteiger charge is -2.22. The number of aliphatic hydroxyl groups excluding tert-OH is 1. The molecule has 180 valence electrons. The quantitative estimate of drug-likeness (QED) is 0.446. The highest BCUT2D eigenvalue weighted by molar-refractivity contribution is 6.21. The Morgan fingerprint density at radius 2 is 1.49 bits per heavy atom. The lowest BCUT2D eigenvalue weighted by atomic mass is 9.93. The molecule has 3 aromatic rings. The van der Waals surface area contributed by atoms with E-state index in [1.165, 1.54) is 12.1 Å². The lowest BCUT2D eigenvalue weighted by molar-refractivity contribution is -0.146. The van der Waals surface area contributed by atoms with Crippen LogP contribution in [0.3, 0.4) is 0 Å². The summed E-state index contributed by atoms with van der Waals surface area (Å²) in [7, 11) is 0. The zero-order chi connectivity index (χ0) is 25.1. The molecule has 0 saturated carbocycles. The van der Waals surface area contributed by atoms with Crippen LogP contribution in [0, 0.1) is 17.6 Å². The van der Waals surface area contributed by atoms with Crippen LogP contribution in [-0.4, -0.2) is 45.5 Å². The number of nitrogens with zero attached hydrogens (tertiary/aromatic N) is 1. The van der Waals surface area contributed by atoms with Crippen LogP contribution in [0.5, 0.6) is 0 Å². The van der Waals surface area contributed by atoms with Crippen molar-refractivity contribution in [2.24, 2.45) is 5.92 Å². The van der Waals surface area contributed by atoms with Gasteiger partial charge in [-0.15, -0.1) is 0 Å². The summed E-state index contributed by atoms with van der Waals surface area (Å²) in [6.45, 7) is -0.113. The lowest BCUT2D eigenvalue weighted by Crippen LogP contribution is -2.36. The molecule has 1 heterocycles. The number of fused-ring (bicyclic) bond motifs is 1. The Kier molecular flexibility index (Phi) is 7.02. The first-order chi connectivity index (χ1) is 16.8. The van der Waals surface area contributed by atoms with Gasteiger partial charge in [-0.3, -0.25) is 19.3 Å². The molecule has 0 spiro atoms. The van der Waals surface area contributed by atoms with Gasteiger partial charge in [-0.05, 0) is 54.7 Å². The van der Waals surface area contributed by atoms with Crippen molar-refractivity contribution in [3.63, 3.8) is 0 Å². The van der Waals surface area contributed by atoms with Crippen LogP contribution in [0.1, 0.15) is 39.1 Å². The van der Waals surface area contributed by atoms with Crippen molar-refractivity contribution in [2.75, 3.05) is 6.54 Å². The van der Waals surface area contributed by atoms with E-state index in [0.29, 0.717) is 12.0 Å². The van der Waals surface area contributed by atoms with Crippen molar-refractivity contribution < 1.29 is 33.4 Å². The summed E-state index contributed by atoms with van der Waals surface area (Å²) in [5, 5.41) is 20.2. The van der Waals surface area contributed by atoms with Crippen molar-refractivity contribution in [1.82, 2.24) is 4.90 Å². The highest BCUT2D eigenvalue weighted by Gasteiger charge is 2.36. The summed E-state index contributed by atoms with van der Waals surface area (Å²) in [6.07, 6.45) is -0.769. The molecule has 8 heteroatoms. The molecule has 0 unspecified atom stereocenters. The minimum atomic E-state index is -1.21. The second-order valence-electron chi connectivity index (χ2n) is 8.47. The molecule has 35 heavy (non-hydrogen) atoms. The van der Waals surface area contributed by atoms with Crippen LogP contribution in [0.15, 0.2) is 66.7 Å². The molecule has 0 saturated heterocycles. The molecule has 0 aliphatic carbocycles. The molecular weight excluding hydrogens is 456 g/mol. The maximum atomic E-state index is 14.0. The third-order valence-electron chi connectivity index (χ3n) is 6.25. The molecule has 2 N–H and O–H groups in total. The third-order valence-corrected chi connectivity index (χ3v) is 6.25. The van der Waals surface area contributed by atoms with E-state index in [4.69, 9.17) is 0 Å². The molecule has 6 nitrogen and oxygen atoms in total. The summed E-state index contributed by atoms with van der Waals surface area (Å²) in [6, 6.07) is 16.6.